The Kier molecular flexibility index (Phi) is 9.01. The molecule has 10 nitrogen and oxygen atoms in total. The van der Waals surface area contributed by atoms with Gasteiger partial charge in [0, 0.05) is 49.8 Å². The number of fused-ring (bicyclic) bond motifs is 9. The van der Waals surface area contributed by atoms with Crippen LogP contribution in [-0.4, -0.2) is 57.1 Å². The maximum Gasteiger partial charge on any atom is 0.305 e. The van der Waals surface area contributed by atoms with Crippen molar-refractivity contribution < 1.29 is 29.0 Å². The summed E-state index contributed by atoms with van der Waals surface area (Å²) in [7, 11) is 0. The highest BCUT2D eigenvalue weighted by molar-refractivity contribution is 9.10. The highest BCUT2D eigenvalue weighted by Crippen LogP contribution is 2.69. The maximum atomic E-state index is 13.9. The molecule has 0 radical (unpaired) electrons. The van der Waals surface area contributed by atoms with Gasteiger partial charge in [-0.05, 0) is 79.5 Å². The summed E-state index contributed by atoms with van der Waals surface area (Å²) in [6, 6.07) is 12.4. The van der Waals surface area contributed by atoms with Gasteiger partial charge in [-0.25, -0.2) is 0 Å². The third-order valence-corrected chi connectivity index (χ3v) is 13.2. The van der Waals surface area contributed by atoms with Crippen LogP contribution in [0.1, 0.15) is 48.5 Å². The number of nitrogens with zero attached hydrogens (tertiary/aromatic N) is 1. The van der Waals surface area contributed by atoms with E-state index >= 15 is 0 Å². The molecule has 1 aromatic heterocycles. The second-order valence-corrected chi connectivity index (χ2v) is 16.1. The van der Waals surface area contributed by atoms with Gasteiger partial charge in [0.05, 0.1) is 16.9 Å². The number of hydrogen-bond donors (Lipinski definition) is 3. The first-order valence-corrected chi connectivity index (χ1v) is 18.4. The van der Waals surface area contributed by atoms with Gasteiger partial charge in [0.25, 0.3) is 5.91 Å². The number of amides is 3. The number of imide groups is 1. The van der Waals surface area contributed by atoms with Gasteiger partial charge in [0.15, 0.2) is 6.61 Å². The number of rotatable bonds is 11. The van der Waals surface area contributed by atoms with Crippen LogP contribution >= 0.6 is 50.6 Å². The lowest BCUT2D eigenvalue weighted by molar-refractivity contribution is -0.141. The Balaban J connectivity index is 1.16. The molecule has 14 heteroatoms. The molecule has 2 aromatic carbocycles. The summed E-state index contributed by atoms with van der Waals surface area (Å²) >= 11 is 12.3. The molecule has 3 aromatic rings. The van der Waals surface area contributed by atoms with Gasteiger partial charge in [0.2, 0.25) is 11.8 Å². The van der Waals surface area contributed by atoms with Crippen LogP contribution in [-0.2, 0) is 19.2 Å². The molecule has 2 bridgehead atoms. The fraction of sp³-hybridized carbons (Fsp3) is 0.424. The van der Waals surface area contributed by atoms with Crippen molar-refractivity contribution in [1.82, 2.24) is 9.88 Å². The minimum absolute atomic E-state index is 0.0105. The van der Waals surface area contributed by atoms with Crippen LogP contribution in [0, 0.1) is 29.6 Å². The van der Waals surface area contributed by atoms with Gasteiger partial charge in [-0.3, -0.25) is 28.9 Å². The van der Waals surface area contributed by atoms with Crippen LogP contribution in [0.5, 0.6) is 5.75 Å². The normalized spacial score (nSPS) is 27.0. The van der Waals surface area contributed by atoms with Crippen molar-refractivity contribution in [2.75, 3.05) is 18.5 Å². The first kappa shape index (κ1) is 32.4. The van der Waals surface area contributed by atoms with E-state index in [4.69, 9.17) is 21.4 Å². The van der Waals surface area contributed by atoms with E-state index in [0.29, 0.717) is 42.3 Å². The molecule has 2 saturated carbocycles. The molecular weight excluding hydrogens is 730 g/mol. The molecule has 0 spiro atoms. The number of halogens is 2. The predicted octanol–water partition coefficient (Wildman–Crippen LogP) is 5.99. The summed E-state index contributed by atoms with van der Waals surface area (Å²) < 4.78 is 6.97. The molecule has 246 valence electrons. The average molecular weight is 761 g/mol. The molecule has 47 heavy (non-hydrogen) atoms. The number of hydrogen-bond acceptors (Lipinski definition) is 8. The lowest BCUT2D eigenvalue weighted by Gasteiger charge is -2.43. The van der Waals surface area contributed by atoms with Gasteiger partial charge in [-0.1, -0.05) is 45.3 Å². The number of aromatic nitrogens is 1. The molecule has 3 N–H and O–H groups in total. The minimum Gasteiger partial charge on any atom is -0.483 e. The Morgan fingerprint density at radius 2 is 1.79 bits per heavy atom. The highest BCUT2D eigenvalue weighted by atomic mass is 79.9. The lowest BCUT2D eigenvalue weighted by atomic mass is 9.68. The second-order valence-electron chi connectivity index (χ2n) is 12.5. The summed E-state index contributed by atoms with van der Waals surface area (Å²) in [6.45, 7) is 0.0617. The van der Waals surface area contributed by atoms with Crippen molar-refractivity contribution in [3.8, 4) is 5.75 Å². The van der Waals surface area contributed by atoms with Crippen LogP contribution < -0.4 is 14.9 Å². The molecule has 3 fully saturated rings. The molecule has 1 saturated heterocycles. The Bertz CT molecular complexity index is 1810. The highest BCUT2D eigenvalue weighted by Gasteiger charge is 2.69. The number of unbranched alkanes of at least 4 members (excludes halogenated alkanes) is 2. The van der Waals surface area contributed by atoms with Crippen LogP contribution in [0.15, 0.2) is 56.8 Å². The SMILES string of the molecule is O=C(O)CCCCCN1C(=O)C2C3CC(C2C1=O)C1C3Sc2[nH]c(=O)sc2[C@@H]1c1cc(Br)ccc1OCC(=O)Nc1ccc(Cl)cc1. The van der Waals surface area contributed by atoms with Crippen molar-refractivity contribution in [3.63, 3.8) is 0 Å². The summed E-state index contributed by atoms with van der Waals surface area (Å²) in [5.41, 5.74) is 1.41. The number of aliphatic carboxylic acids is 1. The summed E-state index contributed by atoms with van der Waals surface area (Å²) in [4.78, 5) is 69.2. The van der Waals surface area contributed by atoms with Crippen molar-refractivity contribution in [2.24, 2.45) is 29.6 Å². The Labute approximate surface area is 291 Å². The number of thioether (sulfide) groups is 1. The number of ether oxygens (including phenoxy) is 1. The first-order chi connectivity index (χ1) is 22.6. The van der Waals surface area contributed by atoms with E-state index in [0.717, 1.165) is 37.7 Å². The zero-order valence-corrected chi connectivity index (χ0v) is 28.9. The fourth-order valence-electron chi connectivity index (χ4n) is 8.14. The van der Waals surface area contributed by atoms with E-state index in [1.807, 2.05) is 18.2 Å². The Morgan fingerprint density at radius 3 is 2.53 bits per heavy atom. The van der Waals surface area contributed by atoms with Gasteiger partial charge < -0.3 is 20.1 Å². The van der Waals surface area contributed by atoms with Gasteiger partial charge in [-0.15, -0.1) is 11.8 Å². The van der Waals surface area contributed by atoms with Crippen molar-refractivity contribution >= 4 is 80.0 Å². The van der Waals surface area contributed by atoms with Gasteiger partial charge in [-0.2, -0.15) is 0 Å². The molecular formula is C33H31BrClN3O7S2. The number of thiazole rings is 1. The molecule has 3 heterocycles. The quantitative estimate of drug-likeness (QED) is 0.160. The smallest absolute Gasteiger partial charge is 0.305 e. The third-order valence-electron chi connectivity index (χ3n) is 9.88. The van der Waals surface area contributed by atoms with E-state index in [9.17, 15) is 24.0 Å². The molecule has 6 unspecified atom stereocenters. The molecule has 3 amide bonds. The number of likely N-dealkylation sites (tertiary alicyclic amines) is 1. The number of benzene rings is 2. The van der Waals surface area contributed by atoms with Gasteiger partial charge in [0.1, 0.15) is 5.75 Å². The number of H-pyrrole nitrogens is 1. The van der Waals surface area contributed by atoms with E-state index in [1.54, 1.807) is 36.0 Å². The first-order valence-electron chi connectivity index (χ1n) is 15.5. The van der Waals surface area contributed by atoms with E-state index in [1.165, 1.54) is 4.90 Å². The number of aromatic amines is 1. The van der Waals surface area contributed by atoms with Crippen LogP contribution in [0.4, 0.5) is 5.69 Å². The zero-order valence-electron chi connectivity index (χ0n) is 24.9. The summed E-state index contributed by atoms with van der Waals surface area (Å²) in [5, 5.41) is 13.1. The van der Waals surface area contributed by atoms with Crippen molar-refractivity contribution in [2.45, 2.75) is 48.3 Å². The second kappa shape index (κ2) is 13.1. The fourth-order valence-corrected chi connectivity index (χ4v) is 11.5. The lowest BCUT2D eigenvalue weighted by Crippen LogP contribution is -2.42. The van der Waals surface area contributed by atoms with Gasteiger partial charge >= 0.3 is 10.8 Å². The molecule has 2 aliphatic carbocycles. The van der Waals surface area contributed by atoms with E-state index in [2.05, 4.69) is 26.2 Å². The number of carbonyl (C=O) groups is 4. The standard InChI is InChI=1S/C33H31BrClN3O7S2/c34-15-5-10-21(45-14-22(39)36-17-8-6-16(35)7-9-17)18(12-15)24-25-19-13-20(28(25)46-30-29(24)47-33(44)37-30)27-26(19)31(42)38(32(27)43)11-3-1-2-4-23(40)41/h5-10,12,19-20,24-28H,1-4,11,13-14H2,(H,36,39)(H,37,44)(H,40,41)/t19?,20?,24-,25?,26?,27?,28?/m1/s1. The monoisotopic (exact) mass is 759 g/mol. The number of carboxylic acids is 1. The Morgan fingerprint density at radius 1 is 1.04 bits per heavy atom. The largest absolute Gasteiger partial charge is 0.483 e. The van der Waals surface area contributed by atoms with Crippen LogP contribution in [0.3, 0.4) is 0 Å². The number of anilines is 1. The van der Waals surface area contributed by atoms with Crippen molar-refractivity contribution in [1.29, 1.82) is 0 Å². The molecule has 2 aliphatic heterocycles. The number of nitrogens with one attached hydrogen (secondary N) is 2. The van der Waals surface area contributed by atoms with E-state index < -0.39 is 11.9 Å². The topological polar surface area (TPSA) is 146 Å². The molecule has 7 atom stereocenters. The van der Waals surface area contributed by atoms with Crippen LogP contribution in [0.2, 0.25) is 5.02 Å². The molecule has 4 aliphatic rings. The maximum absolute atomic E-state index is 13.9. The van der Waals surface area contributed by atoms with Crippen molar-refractivity contribution in [3.05, 3.63) is 72.1 Å². The zero-order chi connectivity index (χ0) is 33.0. The number of carboxylic acid groups (broad SMARTS) is 1. The predicted molar refractivity (Wildman–Crippen MR) is 181 cm³/mol. The third kappa shape index (κ3) is 6.04. The average Bonchev–Trinajstić information content (AvgIpc) is 3.77. The minimum atomic E-state index is -0.853. The summed E-state index contributed by atoms with van der Waals surface area (Å²) in [6.07, 6.45) is 2.54. The van der Waals surface area contributed by atoms with Crippen LogP contribution in [0.25, 0.3) is 0 Å². The number of carbonyl (C=O) groups excluding carboxylic acids is 3. The molecule has 7 rings (SSSR count). The summed E-state index contributed by atoms with van der Waals surface area (Å²) in [5.74, 6) is -2.14. The Hall–Kier alpha value is -3.13. The van der Waals surface area contributed by atoms with E-state index in [-0.39, 0.29) is 70.5 Å².